The number of rotatable bonds is 4. The van der Waals surface area contributed by atoms with Crippen molar-refractivity contribution < 1.29 is 19.0 Å². The van der Waals surface area contributed by atoms with Gasteiger partial charge in [-0.1, -0.05) is 0 Å². The van der Waals surface area contributed by atoms with Crippen molar-refractivity contribution in [1.82, 2.24) is 0 Å². The summed E-state index contributed by atoms with van der Waals surface area (Å²) < 4.78 is 16.0. The van der Waals surface area contributed by atoms with E-state index in [4.69, 9.17) is 19.9 Å². The van der Waals surface area contributed by atoms with E-state index in [2.05, 4.69) is 15.9 Å². The number of carbonyl (C=O) groups is 1. The van der Waals surface area contributed by atoms with Gasteiger partial charge in [0, 0.05) is 0 Å². The van der Waals surface area contributed by atoms with Crippen LogP contribution in [0.15, 0.2) is 10.5 Å². The van der Waals surface area contributed by atoms with Gasteiger partial charge in [-0.3, -0.25) is 4.79 Å². The molecule has 1 rings (SSSR count). The van der Waals surface area contributed by atoms with Gasteiger partial charge in [0.25, 0.3) is 5.91 Å². The lowest BCUT2D eigenvalue weighted by atomic mass is 10.1. The summed E-state index contributed by atoms with van der Waals surface area (Å²) in [5.41, 5.74) is 5.47. The van der Waals surface area contributed by atoms with Crippen LogP contribution in [0.3, 0.4) is 0 Å². The van der Waals surface area contributed by atoms with Gasteiger partial charge in [-0.15, -0.1) is 0 Å². The van der Waals surface area contributed by atoms with Crippen LogP contribution in [0.25, 0.3) is 0 Å². The van der Waals surface area contributed by atoms with Crippen LogP contribution in [0.1, 0.15) is 10.4 Å². The van der Waals surface area contributed by atoms with E-state index in [9.17, 15) is 4.79 Å². The third-order valence-electron chi connectivity index (χ3n) is 2.02. The van der Waals surface area contributed by atoms with Crippen LogP contribution < -0.4 is 19.9 Å². The Morgan fingerprint density at radius 3 is 2.00 bits per heavy atom. The summed E-state index contributed by atoms with van der Waals surface area (Å²) in [6.45, 7) is 0. The molecule has 6 heteroatoms. The van der Waals surface area contributed by atoms with Gasteiger partial charge >= 0.3 is 0 Å². The highest BCUT2D eigenvalue weighted by Crippen LogP contribution is 2.44. The van der Waals surface area contributed by atoms with Crippen molar-refractivity contribution in [3.8, 4) is 17.2 Å². The van der Waals surface area contributed by atoms with Crippen molar-refractivity contribution in [2.75, 3.05) is 21.3 Å². The highest BCUT2D eigenvalue weighted by atomic mass is 79.9. The fourth-order valence-electron chi connectivity index (χ4n) is 1.35. The second-order valence-electron chi connectivity index (χ2n) is 2.87. The van der Waals surface area contributed by atoms with Gasteiger partial charge in [0.2, 0.25) is 5.75 Å². The first-order valence-electron chi connectivity index (χ1n) is 4.35. The van der Waals surface area contributed by atoms with Gasteiger partial charge in [0.05, 0.1) is 31.4 Å². The van der Waals surface area contributed by atoms with Crippen molar-refractivity contribution in [2.24, 2.45) is 5.73 Å². The molecule has 16 heavy (non-hydrogen) atoms. The number of carbonyl (C=O) groups excluding carboxylic acids is 1. The van der Waals surface area contributed by atoms with Gasteiger partial charge in [-0.2, -0.15) is 0 Å². The number of hydrogen-bond acceptors (Lipinski definition) is 4. The first-order valence-corrected chi connectivity index (χ1v) is 5.14. The average molecular weight is 290 g/mol. The number of hydrogen-bond donors (Lipinski definition) is 1. The average Bonchev–Trinajstić information content (AvgIpc) is 2.27. The molecular weight excluding hydrogens is 278 g/mol. The van der Waals surface area contributed by atoms with E-state index in [0.717, 1.165) is 0 Å². The number of amides is 1. The minimum absolute atomic E-state index is 0.229. The third-order valence-corrected chi connectivity index (χ3v) is 2.61. The molecule has 0 saturated heterocycles. The number of methoxy groups -OCH3 is 3. The molecule has 0 spiro atoms. The predicted molar refractivity (Wildman–Crippen MR) is 62.3 cm³/mol. The Labute approximate surface area is 102 Å². The Morgan fingerprint density at radius 2 is 1.62 bits per heavy atom. The van der Waals surface area contributed by atoms with Crippen LogP contribution in [0.2, 0.25) is 0 Å². The summed E-state index contributed by atoms with van der Waals surface area (Å²) in [5, 5.41) is 0. The lowest BCUT2D eigenvalue weighted by Crippen LogP contribution is -2.13. The van der Waals surface area contributed by atoms with Crippen LogP contribution in [0, 0.1) is 0 Å². The van der Waals surface area contributed by atoms with E-state index in [-0.39, 0.29) is 11.3 Å². The Bertz CT molecular complexity index is 420. The molecule has 0 bridgehead atoms. The molecule has 0 fully saturated rings. The molecule has 0 atom stereocenters. The Kier molecular flexibility index (Phi) is 4.00. The van der Waals surface area contributed by atoms with Gasteiger partial charge in [-0.25, -0.2) is 0 Å². The number of halogens is 1. The maximum absolute atomic E-state index is 11.2. The summed E-state index contributed by atoms with van der Waals surface area (Å²) in [6.07, 6.45) is 0. The molecule has 88 valence electrons. The van der Waals surface area contributed by atoms with E-state index >= 15 is 0 Å². The number of primary amides is 1. The maximum atomic E-state index is 11.2. The number of ether oxygens (including phenoxy) is 3. The first-order chi connectivity index (χ1) is 7.56. The molecule has 0 aliphatic carbocycles. The van der Waals surface area contributed by atoms with Crippen LogP contribution in [-0.4, -0.2) is 27.2 Å². The first kappa shape index (κ1) is 12.6. The zero-order valence-electron chi connectivity index (χ0n) is 9.17. The molecule has 0 aromatic heterocycles. The molecule has 1 aromatic carbocycles. The zero-order chi connectivity index (χ0) is 12.3. The molecule has 5 nitrogen and oxygen atoms in total. The number of nitrogens with two attached hydrogens (primary N) is 1. The molecule has 0 aliphatic rings. The highest BCUT2D eigenvalue weighted by Gasteiger charge is 2.22. The van der Waals surface area contributed by atoms with Crippen molar-refractivity contribution in [2.45, 2.75) is 0 Å². The van der Waals surface area contributed by atoms with Gasteiger partial charge in [-0.05, 0) is 22.0 Å². The standard InChI is InChI=1S/C10H12BrNO4/c1-14-7-5(10(12)13)4-6(11)8(15-2)9(7)16-3/h4H,1-3H3,(H2,12,13). The summed E-state index contributed by atoms with van der Waals surface area (Å²) in [7, 11) is 4.38. The second kappa shape index (κ2) is 5.07. The Morgan fingerprint density at radius 1 is 1.12 bits per heavy atom. The van der Waals surface area contributed by atoms with Crippen LogP contribution in [-0.2, 0) is 0 Å². The van der Waals surface area contributed by atoms with Gasteiger partial charge in [0.15, 0.2) is 11.5 Å². The maximum Gasteiger partial charge on any atom is 0.252 e. The van der Waals surface area contributed by atoms with Crippen molar-refractivity contribution in [1.29, 1.82) is 0 Å². The number of benzene rings is 1. The Hall–Kier alpha value is -1.43. The monoisotopic (exact) mass is 289 g/mol. The van der Waals surface area contributed by atoms with E-state index in [0.29, 0.717) is 16.0 Å². The van der Waals surface area contributed by atoms with E-state index in [1.807, 2.05) is 0 Å². The normalized spacial score (nSPS) is 9.75. The predicted octanol–water partition coefficient (Wildman–Crippen LogP) is 1.57. The topological polar surface area (TPSA) is 70.8 Å². The van der Waals surface area contributed by atoms with E-state index in [1.54, 1.807) is 0 Å². The highest BCUT2D eigenvalue weighted by molar-refractivity contribution is 9.10. The Balaban J connectivity index is 3.56. The SMILES string of the molecule is COc1c(Br)cc(C(N)=O)c(OC)c1OC. The minimum Gasteiger partial charge on any atom is -0.492 e. The largest absolute Gasteiger partial charge is 0.492 e. The summed E-state index contributed by atoms with van der Waals surface area (Å²) >= 11 is 3.26. The molecule has 0 unspecified atom stereocenters. The minimum atomic E-state index is -0.599. The quantitative estimate of drug-likeness (QED) is 0.913. The summed E-state index contributed by atoms with van der Waals surface area (Å²) in [5.74, 6) is 0.436. The van der Waals surface area contributed by atoms with Crippen molar-refractivity contribution in [3.05, 3.63) is 16.1 Å². The van der Waals surface area contributed by atoms with Gasteiger partial charge < -0.3 is 19.9 Å². The molecule has 0 radical (unpaired) electrons. The third kappa shape index (κ3) is 2.06. The lowest BCUT2D eigenvalue weighted by molar-refractivity contribution is 0.0996. The van der Waals surface area contributed by atoms with E-state index < -0.39 is 5.91 Å². The molecule has 0 aliphatic heterocycles. The summed E-state index contributed by atoms with van der Waals surface area (Å²) in [4.78, 5) is 11.2. The summed E-state index contributed by atoms with van der Waals surface area (Å²) in [6, 6.07) is 1.53. The van der Waals surface area contributed by atoms with Crippen molar-refractivity contribution in [3.63, 3.8) is 0 Å². The fourth-order valence-corrected chi connectivity index (χ4v) is 1.92. The van der Waals surface area contributed by atoms with Crippen LogP contribution in [0.5, 0.6) is 17.2 Å². The molecule has 1 aromatic rings. The van der Waals surface area contributed by atoms with Crippen LogP contribution in [0.4, 0.5) is 0 Å². The molecular formula is C10H12BrNO4. The van der Waals surface area contributed by atoms with E-state index in [1.165, 1.54) is 27.4 Å². The zero-order valence-corrected chi connectivity index (χ0v) is 10.8. The van der Waals surface area contributed by atoms with Gasteiger partial charge in [0.1, 0.15) is 0 Å². The van der Waals surface area contributed by atoms with Crippen LogP contribution >= 0.6 is 15.9 Å². The second-order valence-corrected chi connectivity index (χ2v) is 3.72. The smallest absolute Gasteiger partial charge is 0.252 e. The molecule has 2 N–H and O–H groups in total. The molecule has 0 heterocycles. The molecule has 0 saturated carbocycles. The fraction of sp³-hybridized carbons (Fsp3) is 0.300. The lowest BCUT2D eigenvalue weighted by Gasteiger charge is -2.15. The molecule has 1 amide bonds. The van der Waals surface area contributed by atoms with Crippen molar-refractivity contribution >= 4 is 21.8 Å².